The number of hydrogen-bond donors (Lipinski definition) is 1. The number of thiol groups is 1. The monoisotopic (exact) mass is 177 g/mol. The molecule has 0 amide bonds. The fourth-order valence-corrected chi connectivity index (χ4v) is 1.27. The van der Waals surface area contributed by atoms with E-state index in [0.29, 0.717) is 0 Å². The summed E-state index contributed by atoms with van der Waals surface area (Å²) in [4.78, 5) is 0. The lowest BCUT2D eigenvalue weighted by atomic mass is 10.1. The van der Waals surface area contributed by atoms with Crippen molar-refractivity contribution in [1.29, 1.82) is 0 Å². The van der Waals surface area contributed by atoms with Crippen molar-refractivity contribution in [3.8, 4) is 0 Å². The average Bonchev–Trinajstić information content (AvgIpc) is 1.87. The second kappa shape index (κ2) is 7.80. The minimum Gasteiger partial charge on any atom is -0.164 e. The summed E-state index contributed by atoms with van der Waals surface area (Å²) in [7, 11) is 0. The molecule has 0 aromatic rings. The molecule has 0 fully saturated rings. The molecule has 0 aliphatic rings. The van der Waals surface area contributed by atoms with Crippen molar-refractivity contribution in [2.75, 3.05) is 0 Å². The number of unbranched alkanes of at least 4 members (excludes halogenated alkanes) is 4. The first kappa shape index (κ1) is 10.7. The van der Waals surface area contributed by atoms with E-state index < -0.39 is 0 Å². The molecule has 1 atom stereocenters. The maximum atomic E-state index is 4.92. The first-order valence-electron chi connectivity index (χ1n) is 4.11. The normalized spacial score (nSPS) is 10.8. The van der Waals surface area contributed by atoms with Gasteiger partial charge in [-0.1, -0.05) is 51.7 Å². The quantitative estimate of drug-likeness (QED) is 0.463. The Bertz CT molecular complexity index is 62.3. The molecule has 2 heteroatoms. The highest BCUT2D eigenvalue weighted by Gasteiger charge is 1.94. The van der Waals surface area contributed by atoms with Crippen molar-refractivity contribution in [2.24, 2.45) is 0 Å². The number of hydrogen-bond acceptors (Lipinski definition) is 1. The molecule has 0 aliphatic carbocycles. The molecule has 0 rings (SSSR count). The predicted molar refractivity (Wildman–Crippen MR) is 53.7 cm³/mol. The van der Waals surface area contributed by atoms with Crippen LogP contribution in [0.4, 0.5) is 0 Å². The summed E-state index contributed by atoms with van der Waals surface area (Å²) in [5.41, 5.74) is 0. The van der Waals surface area contributed by atoms with Gasteiger partial charge in [-0.25, -0.2) is 0 Å². The Labute approximate surface area is 75.6 Å². The topological polar surface area (TPSA) is 0 Å². The lowest BCUT2D eigenvalue weighted by molar-refractivity contribution is 0.623. The Kier molecular flexibility index (Phi) is 8.35. The van der Waals surface area contributed by atoms with Gasteiger partial charge < -0.3 is 0 Å². The van der Waals surface area contributed by atoms with Crippen molar-refractivity contribution >= 4 is 25.3 Å². The van der Waals surface area contributed by atoms with Crippen LogP contribution in [-0.4, -0.2) is 4.58 Å². The zero-order chi connectivity index (χ0) is 7.82. The lowest BCUT2D eigenvalue weighted by Gasteiger charge is -2.00. The van der Waals surface area contributed by atoms with Crippen LogP contribution in [0.25, 0.3) is 0 Å². The van der Waals surface area contributed by atoms with Gasteiger partial charge in [-0.05, 0) is 6.42 Å². The van der Waals surface area contributed by atoms with Crippen LogP contribution in [0.5, 0.6) is 0 Å². The Morgan fingerprint density at radius 3 is 2.30 bits per heavy atom. The summed E-state index contributed by atoms with van der Waals surface area (Å²) in [6.45, 7) is 2.23. The van der Waals surface area contributed by atoms with Gasteiger partial charge in [0, 0.05) is 0 Å². The minimum absolute atomic E-state index is 0.182. The molecule has 0 aromatic carbocycles. The Hall–Kier alpha value is 0.700. The van der Waals surface area contributed by atoms with Gasteiger partial charge in [-0.2, -0.15) is 12.6 Å². The summed E-state index contributed by atoms with van der Waals surface area (Å²) >= 11 is 9.06. The van der Waals surface area contributed by atoms with E-state index in [1.54, 1.807) is 0 Å². The highest BCUT2D eigenvalue weighted by atomic mass is 32.2. The third kappa shape index (κ3) is 8.70. The molecule has 0 nitrogen and oxygen atoms in total. The highest BCUT2D eigenvalue weighted by Crippen LogP contribution is 2.12. The van der Waals surface area contributed by atoms with E-state index in [2.05, 4.69) is 19.6 Å². The van der Waals surface area contributed by atoms with Crippen molar-refractivity contribution in [3.63, 3.8) is 0 Å². The van der Waals surface area contributed by atoms with Crippen LogP contribution < -0.4 is 0 Å². The van der Waals surface area contributed by atoms with Crippen LogP contribution in [0, 0.1) is 0 Å². The maximum absolute atomic E-state index is 4.92. The van der Waals surface area contributed by atoms with Crippen molar-refractivity contribution in [2.45, 2.75) is 50.0 Å². The molecule has 0 N–H and O–H groups in total. The summed E-state index contributed by atoms with van der Waals surface area (Å²) in [6, 6.07) is 0. The first-order chi connectivity index (χ1) is 4.77. The molecule has 0 saturated heterocycles. The van der Waals surface area contributed by atoms with Gasteiger partial charge in [0.2, 0.25) is 0 Å². The molecule has 0 heterocycles. The molecule has 0 saturated carbocycles. The number of rotatable bonds is 6. The van der Waals surface area contributed by atoms with Crippen LogP contribution in [-0.2, 0) is 0 Å². The third-order valence-electron chi connectivity index (χ3n) is 1.55. The maximum Gasteiger partial charge on any atom is 0.0576 e. The predicted octanol–water partition coefficient (Wildman–Crippen LogP) is 3.80. The van der Waals surface area contributed by atoms with E-state index in [-0.39, 0.29) is 4.58 Å². The molecule has 0 aliphatic heterocycles. The molecule has 0 aromatic heterocycles. The summed E-state index contributed by atoms with van der Waals surface area (Å²) in [5, 5.41) is 0. The second-order valence-electron chi connectivity index (χ2n) is 2.66. The van der Waals surface area contributed by atoms with E-state index in [4.69, 9.17) is 12.6 Å². The average molecular weight is 177 g/mol. The SMILES string of the molecule is CCCCCCCC([S])S. The summed E-state index contributed by atoms with van der Waals surface area (Å²) in [6.07, 6.45) is 7.75. The lowest BCUT2D eigenvalue weighted by Crippen LogP contribution is -1.86. The first-order valence-corrected chi connectivity index (χ1v) is 5.10. The Balaban J connectivity index is 2.77. The molecule has 0 spiro atoms. The standard InChI is InChI=1S/C8H17S2/c1-2-3-4-5-6-7-8(9)10/h8-9H,2-7H2,1H3. The van der Waals surface area contributed by atoms with Crippen molar-refractivity contribution in [1.82, 2.24) is 0 Å². The van der Waals surface area contributed by atoms with Crippen LogP contribution in [0.3, 0.4) is 0 Å². The second-order valence-corrected chi connectivity index (χ2v) is 4.20. The van der Waals surface area contributed by atoms with E-state index >= 15 is 0 Å². The molecule has 0 bridgehead atoms. The van der Waals surface area contributed by atoms with Crippen LogP contribution >= 0.6 is 25.3 Å². The van der Waals surface area contributed by atoms with E-state index in [0.717, 1.165) is 6.42 Å². The fourth-order valence-electron chi connectivity index (χ4n) is 0.923. The fraction of sp³-hybridized carbons (Fsp3) is 1.00. The molecule has 61 valence electrons. The summed E-state index contributed by atoms with van der Waals surface area (Å²) < 4.78 is 0.182. The third-order valence-corrected chi connectivity index (χ3v) is 2.05. The molecule has 1 radical (unpaired) electrons. The molecule has 10 heavy (non-hydrogen) atoms. The minimum atomic E-state index is 0.182. The van der Waals surface area contributed by atoms with Gasteiger partial charge in [-0.3, -0.25) is 0 Å². The molecule has 1 unspecified atom stereocenters. The van der Waals surface area contributed by atoms with Crippen molar-refractivity contribution in [3.05, 3.63) is 0 Å². The van der Waals surface area contributed by atoms with Crippen molar-refractivity contribution < 1.29 is 0 Å². The largest absolute Gasteiger partial charge is 0.164 e. The molecular weight excluding hydrogens is 160 g/mol. The van der Waals surface area contributed by atoms with E-state index in [1.165, 1.54) is 32.1 Å². The van der Waals surface area contributed by atoms with Crippen LogP contribution in [0.2, 0.25) is 0 Å². The van der Waals surface area contributed by atoms with Gasteiger partial charge in [-0.15, -0.1) is 0 Å². The molecular formula is C8H17S2. The van der Waals surface area contributed by atoms with Gasteiger partial charge in [0.25, 0.3) is 0 Å². The Morgan fingerprint density at radius 2 is 1.80 bits per heavy atom. The highest BCUT2D eigenvalue weighted by molar-refractivity contribution is 7.99. The van der Waals surface area contributed by atoms with Gasteiger partial charge in [0.05, 0.1) is 4.58 Å². The van der Waals surface area contributed by atoms with Gasteiger partial charge in [0.15, 0.2) is 0 Å². The smallest absolute Gasteiger partial charge is 0.0576 e. The zero-order valence-corrected chi connectivity index (χ0v) is 8.39. The van der Waals surface area contributed by atoms with E-state index in [9.17, 15) is 0 Å². The van der Waals surface area contributed by atoms with Gasteiger partial charge >= 0.3 is 0 Å². The van der Waals surface area contributed by atoms with Crippen LogP contribution in [0.1, 0.15) is 45.4 Å². The van der Waals surface area contributed by atoms with Gasteiger partial charge in [0.1, 0.15) is 0 Å². The van der Waals surface area contributed by atoms with Crippen LogP contribution in [0.15, 0.2) is 0 Å². The zero-order valence-electron chi connectivity index (χ0n) is 6.68. The Morgan fingerprint density at radius 1 is 1.20 bits per heavy atom. The summed E-state index contributed by atoms with van der Waals surface area (Å²) in [5.74, 6) is 0. The van der Waals surface area contributed by atoms with E-state index in [1.807, 2.05) is 0 Å².